The van der Waals surface area contributed by atoms with Crippen LogP contribution in [-0.2, 0) is 6.42 Å². The highest BCUT2D eigenvalue weighted by molar-refractivity contribution is 6.30. The monoisotopic (exact) mass is 389 g/mol. The molecule has 28 heavy (non-hydrogen) atoms. The molecule has 4 aromatic rings. The maximum Gasteiger partial charge on any atom is 0.281 e. The third kappa shape index (κ3) is 2.67. The van der Waals surface area contributed by atoms with Crippen molar-refractivity contribution < 1.29 is 4.79 Å². The summed E-state index contributed by atoms with van der Waals surface area (Å²) in [7, 11) is 0. The smallest absolute Gasteiger partial charge is 0.281 e. The number of benzene rings is 2. The summed E-state index contributed by atoms with van der Waals surface area (Å²) in [5.74, 6) is 0.0322. The number of carbonyl (C=O) groups excluding carboxylic acids is 1. The minimum absolute atomic E-state index is 0.0161. The first-order chi connectivity index (χ1) is 13.6. The molecule has 2 heterocycles. The second kappa shape index (κ2) is 6.46. The molecular formula is C22H16ClN3O2. The second-order valence-electron chi connectivity index (χ2n) is 7.04. The number of pyridine rings is 1. The van der Waals surface area contributed by atoms with Crippen LogP contribution in [0.1, 0.15) is 33.8 Å². The van der Waals surface area contributed by atoms with E-state index in [9.17, 15) is 9.59 Å². The summed E-state index contributed by atoms with van der Waals surface area (Å²) in [6.07, 6.45) is 2.60. The van der Waals surface area contributed by atoms with Gasteiger partial charge in [-0.25, -0.2) is 9.67 Å². The van der Waals surface area contributed by atoms with Gasteiger partial charge in [0.05, 0.1) is 11.1 Å². The van der Waals surface area contributed by atoms with Crippen LogP contribution in [0.2, 0.25) is 5.02 Å². The highest BCUT2D eigenvalue weighted by Gasteiger charge is 2.30. The number of rotatable bonds is 2. The van der Waals surface area contributed by atoms with Crippen molar-refractivity contribution >= 4 is 28.4 Å². The van der Waals surface area contributed by atoms with Gasteiger partial charge in [-0.15, -0.1) is 0 Å². The summed E-state index contributed by atoms with van der Waals surface area (Å²) in [5.41, 5.74) is 3.42. The largest absolute Gasteiger partial charge is 0.294 e. The standard InChI is InChI=1S/C22H16ClN3O2/c23-15-8-6-13(7-9-15)14-10-17-18(19(27)11-14)12-24-21-20(17)22(28)26(25-21)16-4-2-1-3-5-16/h1-9,12,14H,10-11H2,(H,24,25). The van der Waals surface area contributed by atoms with Crippen molar-refractivity contribution in [2.45, 2.75) is 18.8 Å². The molecule has 1 aliphatic rings. The van der Waals surface area contributed by atoms with Gasteiger partial charge >= 0.3 is 0 Å². The predicted octanol–water partition coefficient (Wildman–Crippen LogP) is 4.28. The number of H-pyrrole nitrogens is 1. The number of para-hydroxylation sites is 1. The zero-order valence-corrected chi connectivity index (χ0v) is 15.6. The number of aromatic nitrogens is 3. The van der Waals surface area contributed by atoms with E-state index in [-0.39, 0.29) is 17.3 Å². The third-order valence-electron chi connectivity index (χ3n) is 5.36. The van der Waals surface area contributed by atoms with Gasteiger partial charge in [-0.05, 0) is 47.7 Å². The highest BCUT2D eigenvalue weighted by Crippen LogP contribution is 2.35. The molecule has 5 rings (SSSR count). The Labute approximate surface area is 165 Å². The first kappa shape index (κ1) is 17.0. The van der Waals surface area contributed by atoms with E-state index in [1.54, 1.807) is 6.20 Å². The van der Waals surface area contributed by atoms with Crippen LogP contribution in [0.25, 0.3) is 16.7 Å². The zero-order valence-electron chi connectivity index (χ0n) is 14.9. The SMILES string of the molecule is O=C1CC(c2ccc(Cl)cc2)Cc2c1cnc1[nH]n(-c3ccccc3)c(=O)c21. The van der Waals surface area contributed by atoms with E-state index >= 15 is 0 Å². The molecule has 2 aromatic heterocycles. The summed E-state index contributed by atoms with van der Waals surface area (Å²) in [6, 6.07) is 16.9. The molecule has 0 aliphatic heterocycles. The van der Waals surface area contributed by atoms with Crippen LogP contribution < -0.4 is 5.56 Å². The zero-order chi connectivity index (χ0) is 19.3. The second-order valence-corrected chi connectivity index (χ2v) is 7.48. The van der Waals surface area contributed by atoms with Gasteiger partial charge in [0, 0.05) is 23.2 Å². The number of halogens is 1. The molecule has 1 N–H and O–H groups in total. The van der Waals surface area contributed by atoms with E-state index in [0.717, 1.165) is 16.8 Å². The number of fused-ring (bicyclic) bond motifs is 3. The minimum atomic E-state index is -0.185. The van der Waals surface area contributed by atoms with Crippen molar-refractivity contribution in [3.05, 3.63) is 92.9 Å². The van der Waals surface area contributed by atoms with Crippen molar-refractivity contribution in [2.75, 3.05) is 0 Å². The quantitative estimate of drug-likeness (QED) is 0.556. The van der Waals surface area contributed by atoms with Crippen LogP contribution in [0.4, 0.5) is 0 Å². The molecule has 0 saturated carbocycles. The third-order valence-corrected chi connectivity index (χ3v) is 5.61. The Bertz CT molecular complexity index is 1260. The topological polar surface area (TPSA) is 67.8 Å². The van der Waals surface area contributed by atoms with Crippen molar-refractivity contribution in [1.82, 2.24) is 14.8 Å². The Balaban J connectivity index is 1.67. The maximum atomic E-state index is 13.2. The molecule has 0 spiro atoms. The maximum absolute atomic E-state index is 13.2. The van der Waals surface area contributed by atoms with Gasteiger partial charge in [-0.3, -0.25) is 14.7 Å². The van der Waals surface area contributed by atoms with Crippen LogP contribution >= 0.6 is 11.6 Å². The molecule has 0 saturated heterocycles. The fourth-order valence-electron chi connectivity index (χ4n) is 3.97. The Morgan fingerprint density at radius 1 is 1.00 bits per heavy atom. The molecule has 0 amide bonds. The summed E-state index contributed by atoms with van der Waals surface area (Å²) in [5, 5.41) is 4.23. The molecule has 0 radical (unpaired) electrons. The lowest BCUT2D eigenvalue weighted by atomic mass is 9.79. The van der Waals surface area contributed by atoms with Crippen LogP contribution in [0.15, 0.2) is 65.6 Å². The Kier molecular flexibility index (Phi) is 3.91. The van der Waals surface area contributed by atoms with Gasteiger partial charge < -0.3 is 0 Å². The summed E-state index contributed by atoms with van der Waals surface area (Å²) in [4.78, 5) is 30.3. The van der Waals surface area contributed by atoms with Crippen molar-refractivity contribution in [3.8, 4) is 5.69 Å². The van der Waals surface area contributed by atoms with Gasteiger partial charge in [0.1, 0.15) is 0 Å². The van der Waals surface area contributed by atoms with Crippen molar-refractivity contribution in [1.29, 1.82) is 0 Å². The molecule has 6 heteroatoms. The lowest BCUT2D eigenvalue weighted by Crippen LogP contribution is -2.22. The first-order valence-corrected chi connectivity index (χ1v) is 9.46. The molecule has 1 unspecified atom stereocenters. The lowest BCUT2D eigenvalue weighted by Gasteiger charge is -2.24. The Hall–Kier alpha value is -3.18. The molecular weight excluding hydrogens is 374 g/mol. The molecule has 138 valence electrons. The number of nitrogens with one attached hydrogen (secondary N) is 1. The van der Waals surface area contributed by atoms with E-state index < -0.39 is 0 Å². The van der Waals surface area contributed by atoms with Gasteiger partial charge in [-0.2, -0.15) is 0 Å². The van der Waals surface area contributed by atoms with E-state index in [0.29, 0.717) is 34.5 Å². The van der Waals surface area contributed by atoms with Gasteiger partial charge in [0.25, 0.3) is 5.56 Å². The van der Waals surface area contributed by atoms with Crippen LogP contribution in [0.3, 0.4) is 0 Å². The highest BCUT2D eigenvalue weighted by atomic mass is 35.5. The minimum Gasteiger partial charge on any atom is -0.294 e. The number of ketones is 1. The van der Waals surface area contributed by atoms with Crippen LogP contribution in [0, 0.1) is 0 Å². The van der Waals surface area contributed by atoms with Gasteiger partial charge in [0.2, 0.25) is 0 Å². The number of carbonyl (C=O) groups is 1. The molecule has 2 aromatic carbocycles. The van der Waals surface area contributed by atoms with E-state index in [4.69, 9.17) is 11.6 Å². The molecule has 0 fully saturated rings. The van der Waals surface area contributed by atoms with Gasteiger partial charge in [0.15, 0.2) is 11.4 Å². The average molecular weight is 390 g/mol. The predicted molar refractivity (Wildman–Crippen MR) is 109 cm³/mol. The summed E-state index contributed by atoms with van der Waals surface area (Å²) < 4.78 is 1.48. The van der Waals surface area contributed by atoms with E-state index in [1.165, 1.54) is 4.68 Å². The van der Waals surface area contributed by atoms with Gasteiger partial charge in [-0.1, -0.05) is 41.9 Å². The molecule has 5 nitrogen and oxygen atoms in total. The average Bonchev–Trinajstić information content (AvgIpc) is 3.06. The van der Waals surface area contributed by atoms with Crippen LogP contribution in [-0.4, -0.2) is 20.5 Å². The molecule has 1 aliphatic carbocycles. The first-order valence-electron chi connectivity index (χ1n) is 9.08. The fraction of sp³-hybridized carbons (Fsp3) is 0.136. The van der Waals surface area contributed by atoms with E-state index in [2.05, 4.69) is 10.1 Å². The number of hydrogen-bond acceptors (Lipinski definition) is 3. The Morgan fingerprint density at radius 2 is 1.75 bits per heavy atom. The fourth-order valence-corrected chi connectivity index (χ4v) is 4.09. The Morgan fingerprint density at radius 3 is 2.50 bits per heavy atom. The summed E-state index contributed by atoms with van der Waals surface area (Å²) >= 11 is 6.00. The normalized spacial score (nSPS) is 16.3. The van der Waals surface area contributed by atoms with Crippen molar-refractivity contribution in [2.24, 2.45) is 0 Å². The van der Waals surface area contributed by atoms with Crippen LogP contribution in [0.5, 0.6) is 0 Å². The van der Waals surface area contributed by atoms with Crippen molar-refractivity contribution in [3.63, 3.8) is 0 Å². The lowest BCUT2D eigenvalue weighted by molar-refractivity contribution is 0.0964. The summed E-state index contributed by atoms with van der Waals surface area (Å²) in [6.45, 7) is 0. The molecule has 1 atom stereocenters. The number of hydrogen-bond donors (Lipinski definition) is 1. The number of aromatic amines is 1. The number of nitrogens with zero attached hydrogens (tertiary/aromatic N) is 2. The number of Topliss-reactive ketones (excluding diaryl/α,β-unsaturated/α-hetero) is 1. The molecule has 0 bridgehead atoms. The van der Waals surface area contributed by atoms with E-state index in [1.807, 2.05) is 54.6 Å².